The fourth-order valence-electron chi connectivity index (χ4n) is 6.27. The fraction of sp³-hybridized carbons (Fsp3) is 0. The Balaban J connectivity index is 1.13. The fourth-order valence-corrected chi connectivity index (χ4v) is 7.37. The molecule has 0 radical (unpaired) electrons. The number of hydrogen-bond acceptors (Lipinski definition) is 4. The number of thiazole rings is 1. The number of aromatic nitrogens is 3. The van der Waals surface area contributed by atoms with Crippen molar-refractivity contribution in [2.24, 2.45) is 0 Å². The molecule has 0 saturated heterocycles. The van der Waals surface area contributed by atoms with Gasteiger partial charge in [0.25, 0.3) is 0 Å². The van der Waals surface area contributed by atoms with Crippen LogP contribution in [0, 0.1) is 0 Å². The first-order chi connectivity index (χ1) is 23.2. The summed E-state index contributed by atoms with van der Waals surface area (Å²) >= 11 is 1.75. The SMILES string of the molecule is c1ccc(-c2cc(-c3ccc4ccccc4c3)nc(-c3cccc(-c4ccc5c(ccc6nc(-c7ccccc7)sc65)c4)c3)n2)cc1. The number of rotatable bonds is 5. The third-order valence-corrected chi connectivity index (χ3v) is 9.84. The van der Waals surface area contributed by atoms with Gasteiger partial charge in [0.1, 0.15) is 5.01 Å². The first kappa shape index (κ1) is 27.3. The normalized spacial score (nSPS) is 11.4. The molecule has 2 aromatic heterocycles. The zero-order chi connectivity index (χ0) is 31.2. The van der Waals surface area contributed by atoms with Gasteiger partial charge >= 0.3 is 0 Å². The molecule has 0 unspecified atom stereocenters. The van der Waals surface area contributed by atoms with Gasteiger partial charge in [0.2, 0.25) is 0 Å². The van der Waals surface area contributed by atoms with Gasteiger partial charge in [-0.25, -0.2) is 15.0 Å². The van der Waals surface area contributed by atoms with Crippen molar-refractivity contribution >= 4 is 43.1 Å². The zero-order valence-corrected chi connectivity index (χ0v) is 26.2. The number of fused-ring (bicyclic) bond motifs is 4. The van der Waals surface area contributed by atoms with Crippen molar-refractivity contribution in [3.63, 3.8) is 0 Å². The monoisotopic (exact) mass is 617 g/mol. The van der Waals surface area contributed by atoms with E-state index in [4.69, 9.17) is 15.0 Å². The summed E-state index contributed by atoms with van der Waals surface area (Å²) in [5, 5.41) is 5.87. The highest BCUT2D eigenvalue weighted by molar-refractivity contribution is 7.22. The van der Waals surface area contributed by atoms with Crippen LogP contribution in [-0.2, 0) is 0 Å². The number of hydrogen-bond donors (Lipinski definition) is 0. The molecule has 0 aliphatic carbocycles. The van der Waals surface area contributed by atoms with Crippen LogP contribution in [0.1, 0.15) is 0 Å². The minimum absolute atomic E-state index is 0.706. The molecule has 3 nitrogen and oxygen atoms in total. The third kappa shape index (κ3) is 5.15. The topological polar surface area (TPSA) is 38.7 Å². The van der Waals surface area contributed by atoms with Crippen molar-refractivity contribution in [1.29, 1.82) is 0 Å². The van der Waals surface area contributed by atoms with Crippen LogP contribution in [0.15, 0.2) is 164 Å². The van der Waals surface area contributed by atoms with Crippen molar-refractivity contribution in [2.75, 3.05) is 0 Å². The van der Waals surface area contributed by atoms with E-state index in [0.29, 0.717) is 5.82 Å². The predicted octanol–water partition coefficient (Wildman–Crippen LogP) is 11.7. The summed E-state index contributed by atoms with van der Waals surface area (Å²) in [6.45, 7) is 0. The molecule has 0 spiro atoms. The molecular formula is C43H27N3S. The maximum Gasteiger partial charge on any atom is 0.160 e. The van der Waals surface area contributed by atoms with E-state index in [1.165, 1.54) is 26.2 Å². The Morgan fingerprint density at radius 2 is 0.979 bits per heavy atom. The molecule has 220 valence electrons. The molecule has 0 N–H and O–H groups in total. The van der Waals surface area contributed by atoms with Gasteiger partial charge in [-0.05, 0) is 57.6 Å². The van der Waals surface area contributed by atoms with Gasteiger partial charge in [0.15, 0.2) is 5.82 Å². The lowest BCUT2D eigenvalue weighted by atomic mass is 9.99. The van der Waals surface area contributed by atoms with E-state index in [-0.39, 0.29) is 0 Å². The maximum absolute atomic E-state index is 5.14. The highest BCUT2D eigenvalue weighted by Gasteiger charge is 2.14. The first-order valence-electron chi connectivity index (χ1n) is 15.7. The van der Waals surface area contributed by atoms with Crippen LogP contribution in [0.2, 0.25) is 0 Å². The molecule has 9 rings (SSSR count). The maximum atomic E-state index is 5.14. The summed E-state index contributed by atoms with van der Waals surface area (Å²) in [7, 11) is 0. The van der Waals surface area contributed by atoms with Gasteiger partial charge in [-0.3, -0.25) is 0 Å². The quantitative estimate of drug-likeness (QED) is 0.193. The molecule has 9 aromatic rings. The molecule has 0 bridgehead atoms. The van der Waals surface area contributed by atoms with Gasteiger partial charge in [-0.2, -0.15) is 0 Å². The van der Waals surface area contributed by atoms with Crippen molar-refractivity contribution in [1.82, 2.24) is 15.0 Å². The van der Waals surface area contributed by atoms with Gasteiger partial charge in [-0.1, -0.05) is 133 Å². The summed E-state index contributed by atoms with van der Waals surface area (Å²) in [5.74, 6) is 0.706. The summed E-state index contributed by atoms with van der Waals surface area (Å²) in [6.07, 6.45) is 0. The van der Waals surface area contributed by atoms with Crippen molar-refractivity contribution < 1.29 is 0 Å². The molecule has 0 fully saturated rings. The van der Waals surface area contributed by atoms with Crippen LogP contribution < -0.4 is 0 Å². The molecule has 0 amide bonds. The molecule has 0 aliphatic heterocycles. The lowest BCUT2D eigenvalue weighted by Crippen LogP contribution is -1.96. The molecule has 47 heavy (non-hydrogen) atoms. The van der Waals surface area contributed by atoms with Gasteiger partial charge < -0.3 is 0 Å². The summed E-state index contributed by atoms with van der Waals surface area (Å²) < 4.78 is 1.22. The van der Waals surface area contributed by atoms with Crippen molar-refractivity contribution in [3.8, 4) is 55.6 Å². The van der Waals surface area contributed by atoms with E-state index in [0.717, 1.165) is 55.3 Å². The molecular weight excluding hydrogens is 591 g/mol. The average molecular weight is 618 g/mol. The number of benzene rings is 7. The van der Waals surface area contributed by atoms with E-state index in [1.807, 2.05) is 12.1 Å². The Kier molecular flexibility index (Phi) is 6.65. The van der Waals surface area contributed by atoms with Gasteiger partial charge in [0, 0.05) is 27.6 Å². The van der Waals surface area contributed by atoms with Crippen LogP contribution >= 0.6 is 11.3 Å². The highest BCUT2D eigenvalue weighted by Crippen LogP contribution is 2.37. The Morgan fingerprint density at radius 1 is 0.362 bits per heavy atom. The van der Waals surface area contributed by atoms with Crippen molar-refractivity contribution in [3.05, 3.63) is 164 Å². The predicted molar refractivity (Wildman–Crippen MR) is 197 cm³/mol. The second-order valence-corrected chi connectivity index (χ2v) is 12.7. The molecule has 0 saturated carbocycles. The Morgan fingerprint density at radius 3 is 1.81 bits per heavy atom. The molecule has 4 heteroatoms. The molecule has 7 aromatic carbocycles. The summed E-state index contributed by atoms with van der Waals surface area (Å²) in [4.78, 5) is 15.2. The minimum atomic E-state index is 0.706. The second kappa shape index (κ2) is 11.4. The van der Waals surface area contributed by atoms with Crippen LogP contribution in [0.25, 0.3) is 87.4 Å². The first-order valence-corrected chi connectivity index (χ1v) is 16.5. The minimum Gasteiger partial charge on any atom is -0.236 e. The Labute approximate surface area is 276 Å². The Bertz CT molecular complexity index is 2570. The van der Waals surface area contributed by atoms with E-state index in [2.05, 4.69) is 152 Å². The number of nitrogens with zero attached hydrogens (tertiary/aromatic N) is 3. The van der Waals surface area contributed by atoms with E-state index >= 15 is 0 Å². The largest absolute Gasteiger partial charge is 0.236 e. The molecule has 0 aliphatic rings. The van der Waals surface area contributed by atoms with Crippen LogP contribution in [0.3, 0.4) is 0 Å². The molecule has 0 atom stereocenters. The van der Waals surface area contributed by atoms with Crippen LogP contribution in [0.4, 0.5) is 0 Å². The zero-order valence-electron chi connectivity index (χ0n) is 25.3. The average Bonchev–Trinajstić information content (AvgIpc) is 3.60. The van der Waals surface area contributed by atoms with Gasteiger partial charge in [0.05, 0.1) is 21.6 Å². The standard InChI is InChI=1S/C43H27N3S/c1-3-11-29(12-4-1)39-27-40(35-19-18-28-10-7-8-15-31(28)25-35)45-42(44-39)36-17-9-16-32(26-36)33-20-22-37-34(24-33)21-23-38-41(37)47-43(46-38)30-13-5-2-6-14-30/h1-27H. The second-order valence-electron chi connectivity index (χ2n) is 11.7. The van der Waals surface area contributed by atoms with Crippen LogP contribution in [0.5, 0.6) is 0 Å². The van der Waals surface area contributed by atoms with Crippen molar-refractivity contribution in [2.45, 2.75) is 0 Å². The van der Waals surface area contributed by atoms with E-state index in [1.54, 1.807) is 11.3 Å². The lowest BCUT2D eigenvalue weighted by molar-refractivity contribution is 1.18. The smallest absolute Gasteiger partial charge is 0.160 e. The lowest BCUT2D eigenvalue weighted by Gasteiger charge is -2.11. The summed E-state index contributed by atoms with van der Waals surface area (Å²) in [6, 6.07) is 57.4. The third-order valence-electron chi connectivity index (χ3n) is 8.69. The Hall–Kier alpha value is -5.97. The summed E-state index contributed by atoms with van der Waals surface area (Å²) in [5.41, 5.74) is 9.38. The molecule has 2 heterocycles. The van der Waals surface area contributed by atoms with Crippen LogP contribution in [-0.4, -0.2) is 15.0 Å². The van der Waals surface area contributed by atoms with E-state index < -0.39 is 0 Å². The van der Waals surface area contributed by atoms with E-state index in [9.17, 15) is 0 Å². The highest BCUT2D eigenvalue weighted by atomic mass is 32.1. The van der Waals surface area contributed by atoms with Gasteiger partial charge in [-0.15, -0.1) is 11.3 Å².